The van der Waals surface area contributed by atoms with Crippen LogP contribution < -0.4 is 16.0 Å². The Bertz CT molecular complexity index is 945. The molecule has 0 spiro atoms. The summed E-state index contributed by atoms with van der Waals surface area (Å²) >= 11 is 0. The normalized spacial score (nSPS) is 13.0. The Hall–Kier alpha value is -2.67. The van der Waals surface area contributed by atoms with Gasteiger partial charge in [0.25, 0.3) is 0 Å². The number of benzene rings is 2. The molecule has 3 amide bonds. The van der Waals surface area contributed by atoms with Gasteiger partial charge in [-0.05, 0) is 56.3 Å². The molecule has 38 heavy (non-hydrogen) atoms. The van der Waals surface area contributed by atoms with Crippen LogP contribution in [0.5, 0.6) is 0 Å². The van der Waals surface area contributed by atoms with Crippen LogP contribution in [0.2, 0.25) is 0 Å². The second-order valence-electron chi connectivity index (χ2n) is 7.87. The van der Waals surface area contributed by atoms with Gasteiger partial charge >= 0.3 is 49.9 Å². The number of aliphatic hydroxyl groups excluding tert-OH is 1. The van der Waals surface area contributed by atoms with E-state index in [0.717, 1.165) is 32.0 Å². The summed E-state index contributed by atoms with van der Waals surface area (Å²) in [5.74, 6) is -0.359. The number of aliphatic hydroxyl groups is 1. The molecule has 0 aromatic heterocycles. The molecule has 12 heteroatoms. The molecule has 3 rings (SSSR count). The Labute approximate surface area is 252 Å². The van der Waals surface area contributed by atoms with Gasteiger partial charge in [0.05, 0.1) is 0 Å². The first-order chi connectivity index (χ1) is 17.5. The van der Waals surface area contributed by atoms with Crippen molar-refractivity contribution in [2.24, 2.45) is 0 Å². The van der Waals surface area contributed by atoms with Gasteiger partial charge in [-0.1, -0.05) is 49.4 Å². The van der Waals surface area contributed by atoms with Crippen molar-refractivity contribution >= 4 is 67.2 Å². The van der Waals surface area contributed by atoms with E-state index in [4.69, 9.17) is 14.6 Å². The first-order valence-corrected chi connectivity index (χ1v) is 11.7. The number of rotatable bonds is 9. The minimum absolute atomic E-state index is 0. The third-order valence-electron chi connectivity index (χ3n) is 5.06. The molecule has 1 unspecified atom stereocenters. The quantitative estimate of drug-likeness (QED) is 0.207. The van der Waals surface area contributed by atoms with Crippen molar-refractivity contribution in [2.45, 2.75) is 25.4 Å². The van der Waals surface area contributed by atoms with Crippen LogP contribution >= 0.6 is 0 Å². The van der Waals surface area contributed by atoms with Crippen molar-refractivity contribution in [3.05, 3.63) is 73.3 Å². The van der Waals surface area contributed by atoms with Gasteiger partial charge in [0.2, 0.25) is 5.91 Å². The van der Waals surface area contributed by atoms with Crippen LogP contribution in [0.4, 0.5) is 21.0 Å². The standard InChI is InChI=1S/C22H27N3O4.C4H7NO2.Ca.H2O.2H/c26-21(23-18-10-4-1-5-11-18)28-17-20(16-25-14-8-3-9-15-25)29-22(27)24-19-12-6-2-7-13-19;1-2-4(7)5-3-6;;;;/h1-2,4-7,10-13,20H,3,8-9,14-17H2,(H,23,26)(H,24,27);2,6H,1,3H2,(H,5,7);;1H2;;. The fourth-order valence-electron chi connectivity index (χ4n) is 3.37. The second-order valence-corrected chi connectivity index (χ2v) is 7.87. The summed E-state index contributed by atoms with van der Waals surface area (Å²) in [7, 11) is 0. The second kappa shape index (κ2) is 21.3. The van der Waals surface area contributed by atoms with Crippen LogP contribution in [0.3, 0.4) is 0 Å². The molecule has 1 fully saturated rings. The Morgan fingerprint density at radius 1 is 0.921 bits per heavy atom. The Balaban J connectivity index is 0.00000135. The van der Waals surface area contributed by atoms with Crippen molar-refractivity contribution < 1.29 is 34.4 Å². The summed E-state index contributed by atoms with van der Waals surface area (Å²) < 4.78 is 10.9. The molecule has 11 nitrogen and oxygen atoms in total. The fourth-order valence-corrected chi connectivity index (χ4v) is 3.37. The van der Waals surface area contributed by atoms with Crippen molar-refractivity contribution in [1.82, 2.24) is 10.2 Å². The predicted octanol–water partition coefficient (Wildman–Crippen LogP) is 1.84. The van der Waals surface area contributed by atoms with Crippen LogP contribution in [-0.2, 0) is 14.3 Å². The molecule has 1 heterocycles. The average Bonchev–Trinajstić information content (AvgIpc) is 2.89. The molecule has 1 saturated heterocycles. The number of carbonyl (C=O) groups excluding carboxylic acids is 3. The summed E-state index contributed by atoms with van der Waals surface area (Å²) in [5, 5.41) is 15.4. The summed E-state index contributed by atoms with van der Waals surface area (Å²) in [4.78, 5) is 36.6. The third kappa shape index (κ3) is 15.6. The van der Waals surface area contributed by atoms with E-state index in [9.17, 15) is 14.4 Å². The first-order valence-electron chi connectivity index (χ1n) is 11.7. The molecule has 0 saturated carbocycles. The van der Waals surface area contributed by atoms with Gasteiger partial charge in [-0.3, -0.25) is 20.3 Å². The van der Waals surface area contributed by atoms with E-state index in [-0.39, 0.29) is 62.5 Å². The van der Waals surface area contributed by atoms with Gasteiger partial charge in [-0.15, -0.1) is 0 Å². The monoisotopic (exact) mass is 558 g/mol. The van der Waals surface area contributed by atoms with Gasteiger partial charge < -0.3 is 25.4 Å². The van der Waals surface area contributed by atoms with Crippen molar-refractivity contribution in [1.29, 1.82) is 0 Å². The fraction of sp³-hybridized carbons (Fsp3) is 0.346. The zero-order valence-corrected chi connectivity index (χ0v) is 20.7. The summed E-state index contributed by atoms with van der Waals surface area (Å²) in [6.45, 7) is 5.25. The molecule has 1 atom stereocenters. The number of amides is 3. The summed E-state index contributed by atoms with van der Waals surface area (Å²) in [6, 6.07) is 18.2. The number of nitrogens with one attached hydrogen (secondary N) is 3. The first kappa shape index (κ1) is 35.3. The molecule has 2 aromatic carbocycles. The Morgan fingerprint density at radius 3 is 1.92 bits per heavy atom. The summed E-state index contributed by atoms with van der Waals surface area (Å²) in [6.07, 6.45) is 2.86. The molecule has 0 aliphatic carbocycles. The zero-order chi connectivity index (χ0) is 26.0. The zero-order valence-electron chi connectivity index (χ0n) is 20.7. The van der Waals surface area contributed by atoms with E-state index < -0.39 is 18.3 Å². The topological polar surface area (TPSA) is 161 Å². The molecule has 0 radical (unpaired) electrons. The van der Waals surface area contributed by atoms with Crippen molar-refractivity contribution in [2.75, 3.05) is 43.6 Å². The van der Waals surface area contributed by atoms with E-state index in [2.05, 4.69) is 27.4 Å². The molecule has 6 N–H and O–H groups in total. The summed E-state index contributed by atoms with van der Waals surface area (Å²) in [5.41, 5.74) is 1.30. The van der Waals surface area contributed by atoms with Crippen LogP contribution in [0.25, 0.3) is 0 Å². The van der Waals surface area contributed by atoms with Crippen molar-refractivity contribution in [3.63, 3.8) is 0 Å². The number of hydrogen-bond donors (Lipinski definition) is 4. The number of ether oxygens (including phenoxy) is 2. The van der Waals surface area contributed by atoms with Gasteiger partial charge in [-0.25, -0.2) is 9.59 Å². The Kier molecular flexibility index (Phi) is 19.8. The van der Waals surface area contributed by atoms with Gasteiger partial charge in [0.1, 0.15) is 13.3 Å². The SMILES string of the molecule is C=CC(=O)NCO.O.O=C(Nc1ccccc1)OCC(CN1CCCCC1)OC(=O)Nc1ccccc1.[CaH2]. The number of nitrogens with zero attached hydrogens (tertiary/aromatic N) is 1. The minimum atomic E-state index is -0.577. The number of hydrogen-bond acceptors (Lipinski definition) is 7. The van der Waals surface area contributed by atoms with Crippen LogP contribution in [0.15, 0.2) is 73.3 Å². The van der Waals surface area contributed by atoms with Crippen LogP contribution in [0.1, 0.15) is 19.3 Å². The maximum absolute atomic E-state index is 12.3. The molecular formula is C26H38CaN4O7. The molecule has 0 bridgehead atoms. The molecule has 2 aromatic rings. The third-order valence-corrected chi connectivity index (χ3v) is 5.06. The van der Waals surface area contributed by atoms with Gasteiger partial charge in [-0.2, -0.15) is 0 Å². The van der Waals surface area contributed by atoms with Crippen LogP contribution in [-0.4, -0.2) is 110 Å². The van der Waals surface area contributed by atoms with Crippen LogP contribution in [0, 0.1) is 0 Å². The van der Waals surface area contributed by atoms with E-state index in [1.807, 2.05) is 36.4 Å². The molecular weight excluding hydrogens is 520 g/mol. The van der Waals surface area contributed by atoms with E-state index in [0.29, 0.717) is 17.9 Å². The number of para-hydroxylation sites is 2. The predicted molar refractivity (Wildman–Crippen MR) is 150 cm³/mol. The van der Waals surface area contributed by atoms with E-state index in [1.54, 1.807) is 24.3 Å². The number of likely N-dealkylation sites (tertiary alicyclic amines) is 1. The molecule has 206 valence electrons. The maximum atomic E-state index is 12.3. The van der Waals surface area contributed by atoms with Gasteiger partial charge in [0.15, 0.2) is 6.10 Å². The number of carbonyl (C=O) groups is 3. The van der Waals surface area contributed by atoms with Crippen molar-refractivity contribution in [3.8, 4) is 0 Å². The number of anilines is 2. The molecule has 1 aliphatic rings. The number of piperidine rings is 1. The van der Waals surface area contributed by atoms with E-state index in [1.165, 1.54) is 6.42 Å². The Morgan fingerprint density at radius 2 is 1.45 bits per heavy atom. The average molecular weight is 559 g/mol. The van der Waals surface area contributed by atoms with E-state index >= 15 is 0 Å². The van der Waals surface area contributed by atoms with Gasteiger partial charge in [0, 0.05) is 17.9 Å². The molecule has 1 aliphatic heterocycles.